The maximum Gasteiger partial charge on any atom is 0.169 e. The molecule has 2 unspecified atom stereocenters. The standard InChI is InChI=1S/C55H48N4/c1-54(2)45-27-17-16-26-42(45)43-31-29-40(34-47(43)54)59(39-23-12-7-13-24-39)48-33-37-22-14-15-25-41(37)50-49(48)44-30-28-38(32-46(44)55(50,3)4)53-57-51(35-18-8-5-9-19-35)56-52(58-53)36-20-10-6-11-21-36/h5-6,8-12,14-34,43,47,53H,7,13H2,1-4H3,(H,56,57,58). The molecular formula is C55H48N4. The predicted octanol–water partition coefficient (Wildman–Crippen LogP) is 12.8. The van der Waals surface area contributed by atoms with Gasteiger partial charge in [0.2, 0.25) is 0 Å². The van der Waals surface area contributed by atoms with Crippen LogP contribution in [0.25, 0.3) is 21.9 Å². The highest BCUT2D eigenvalue weighted by Gasteiger charge is 2.46. The van der Waals surface area contributed by atoms with E-state index in [1.54, 1.807) is 0 Å². The summed E-state index contributed by atoms with van der Waals surface area (Å²) in [6, 6.07) is 48.3. The minimum absolute atomic E-state index is 0.0103. The molecular weight excluding hydrogens is 717 g/mol. The summed E-state index contributed by atoms with van der Waals surface area (Å²) < 4.78 is 0. The molecule has 5 aliphatic rings. The van der Waals surface area contributed by atoms with Gasteiger partial charge in [-0.05, 0) is 86.5 Å². The lowest BCUT2D eigenvalue weighted by atomic mass is 9.74. The molecule has 0 fully saturated rings. The van der Waals surface area contributed by atoms with Crippen molar-refractivity contribution >= 4 is 28.1 Å². The fourth-order valence-electron chi connectivity index (χ4n) is 10.6. The summed E-state index contributed by atoms with van der Waals surface area (Å²) >= 11 is 0. The van der Waals surface area contributed by atoms with Gasteiger partial charge in [-0.1, -0.05) is 179 Å². The topological polar surface area (TPSA) is 40.0 Å². The van der Waals surface area contributed by atoms with Crippen LogP contribution in [-0.4, -0.2) is 11.7 Å². The molecule has 0 saturated heterocycles. The van der Waals surface area contributed by atoms with Crippen molar-refractivity contribution in [1.29, 1.82) is 0 Å². The highest BCUT2D eigenvalue weighted by atomic mass is 15.2. The molecule has 4 aliphatic carbocycles. The Morgan fingerprint density at radius 2 is 1.36 bits per heavy atom. The Morgan fingerprint density at radius 3 is 2.08 bits per heavy atom. The second kappa shape index (κ2) is 13.5. The van der Waals surface area contributed by atoms with E-state index in [1.807, 2.05) is 12.1 Å². The van der Waals surface area contributed by atoms with Crippen molar-refractivity contribution in [3.05, 3.63) is 220 Å². The summed E-state index contributed by atoms with van der Waals surface area (Å²) in [5.74, 6) is 2.38. The SMILES string of the molecule is CC1(C)c2cc(C3N=C(c4ccccc4)NC(c4ccccc4)=N3)ccc2-c2c(N(C3=CCCC=C3)C3=CC4C(C=C3)c3ccccc3C4(C)C)cc3ccccc3c21. The van der Waals surface area contributed by atoms with Crippen molar-refractivity contribution in [3.63, 3.8) is 0 Å². The summed E-state index contributed by atoms with van der Waals surface area (Å²) in [7, 11) is 0. The summed E-state index contributed by atoms with van der Waals surface area (Å²) in [5.41, 5.74) is 14.8. The second-order valence-electron chi connectivity index (χ2n) is 17.7. The molecule has 0 spiro atoms. The number of fused-ring (bicyclic) bond motifs is 8. The second-order valence-corrected chi connectivity index (χ2v) is 17.7. The fraction of sp³-hybridized carbons (Fsp3) is 0.200. The van der Waals surface area contributed by atoms with E-state index >= 15 is 0 Å². The first-order chi connectivity index (χ1) is 28.8. The number of hydrogen-bond acceptors (Lipinski definition) is 4. The number of hydrogen-bond donors (Lipinski definition) is 1. The van der Waals surface area contributed by atoms with Crippen molar-refractivity contribution in [3.8, 4) is 11.1 Å². The quantitative estimate of drug-likeness (QED) is 0.183. The smallest absolute Gasteiger partial charge is 0.169 e. The van der Waals surface area contributed by atoms with Gasteiger partial charge in [0.1, 0.15) is 11.7 Å². The van der Waals surface area contributed by atoms with Crippen LogP contribution >= 0.6 is 0 Å². The molecule has 11 rings (SSSR count). The Morgan fingerprint density at radius 1 is 0.661 bits per heavy atom. The minimum atomic E-state index is -0.402. The summed E-state index contributed by atoms with van der Waals surface area (Å²) in [5, 5.41) is 6.13. The van der Waals surface area contributed by atoms with Gasteiger partial charge in [-0.3, -0.25) is 0 Å². The van der Waals surface area contributed by atoms with Gasteiger partial charge >= 0.3 is 0 Å². The molecule has 4 heteroatoms. The molecule has 0 radical (unpaired) electrons. The third-order valence-corrected chi connectivity index (χ3v) is 13.6. The lowest BCUT2D eigenvalue weighted by Crippen LogP contribution is -2.36. The van der Waals surface area contributed by atoms with E-state index in [1.165, 1.54) is 61.2 Å². The molecule has 4 nitrogen and oxygen atoms in total. The van der Waals surface area contributed by atoms with Crippen molar-refractivity contribution < 1.29 is 0 Å². The van der Waals surface area contributed by atoms with Gasteiger partial charge in [0.05, 0.1) is 5.69 Å². The van der Waals surface area contributed by atoms with Gasteiger partial charge in [-0.15, -0.1) is 0 Å². The van der Waals surface area contributed by atoms with Crippen molar-refractivity contribution in [2.45, 2.75) is 63.5 Å². The summed E-state index contributed by atoms with van der Waals surface area (Å²) in [4.78, 5) is 13.1. The molecule has 0 bridgehead atoms. The molecule has 2 atom stereocenters. The van der Waals surface area contributed by atoms with E-state index in [9.17, 15) is 0 Å². The first-order valence-corrected chi connectivity index (χ1v) is 21.2. The number of nitrogens with one attached hydrogen (secondary N) is 1. The fourth-order valence-corrected chi connectivity index (χ4v) is 10.6. The van der Waals surface area contributed by atoms with Gasteiger partial charge < -0.3 is 10.2 Å². The number of amidine groups is 2. The van der Waals surface area contributed by atoms with Crippen LogP contribution in [-0.2, 0) is 10.8 Å². The van der Waals surface area contributed by atoms with Crippen molar-refractivity contribution in [1.82, 2.24) is 5.32 Å². The van der Waals surface area contributed by atoms with Gasteiger partial charge in [-0.2, -0.15) is 0 Å². The van der Waals surface area contributed by atoms with E-state index in [4.69, 9.17) is 9.98 Å². The normalized spacial score (nSPS) is 20.7. The van der Waals surface area contributed by atoms with Gasteiger partial charge in [0, 0.05) is 39.4 Å². The molecule has 6 aromatic carbocycles. The Labute approximate surface area is 347 Å². The molecule has 0 amide bonds. The predicted molar refractivity (Wildman–Crippen MR) is 245 cm³/mol. The van der Waals surface area contributed by atoms with E-state index < -0.39 is 6.17 Å². The Kier molecular flexibility index (Phi) is 8.17. The van der Waals surface area contributed by atoms with Crippen LogP contribution in [0.15, 0.2) is 191 Å². The average Bonchev–Trinajstić information content (AvgIpc) is 3.66. The van der Waals surface area contributed by atoms with E-state index in [0.29, 0.717) is 11.8 Å². The first kappa shape index (κ1) is 35.6. The largest absolute Gasteiger partial charge is 0.324 e. The van der Waals surface area contributed by atoms with Crippen LogP contribution in [0.5, 0.6) is 0 Å². The zero-order valence-corrected chi connectivity index (χ0v) is 34.2. The molecule has 1 heterocycles. The number of rotatable bonds is 6. The molecule has 288 valence electrons. The molecule has 59 heavy (non-hydrogen) atoms. The van der Waals surface area contributed by atoms with E-state index in [0.717, 1.165) is 41.2 Å². The lowest BCUT2D eigenvalue weighted by molar-refractivity contribution is 0.392. The average molecular weight is 765 g/mol. The van der Waals surface area contributed by atoms with Gasteiger partial charge in [0.25, 0.3) is 0 Å². The molecule has 0 saturated carbocycles. The number of allylic oxidation sites excluding steroid dienone is 6. The van der Waals surface area contributed by atoms with Gasteiger partial charge in [0.15, 0.2) is 6.17 Å². The van der Waals surface area contributed by atoms with Crippen molar-refractivity contribution in [2.24, 2.45) is 15.9 Å². The van der Waals surface area contributed by atoms with Crippen molar-refractivity contribution in [2.75, 3.05) is 4.90 Å². The highest BCUT2D eigenvalue weighted by Crippen LogP contribution is 2.58. The van der Waals surface area contributed by atoms with Crippen LogP contribution in [0.1, 0.15) is 91.6 Å². The van der Waals surface area contributed by atoms with Crippen LogP contribution in [0.3, 0.4) is 0 Å². The molecule has 1 aliphatic heterocycles. The Bertz CT molecular complexity index is 2810. The van der Waals surface area contributed by atoms with Crippen LogP contribution in [0, 0.1) is 5.92 Å². The lowest BCUT2D eigenvalue weighted by Gasteiger charge is -2.36. The highest BCUT2D eigenvalue weighted by molar-refractivity contribution is 6.16. The number of nitrogens with zero attached hydrogens (tertiary/aromatic N) is 3. The zero-order chi connectivity index (χ0) is 39.9. The summed E-state index contributed by atoms with van der Waals surface area (Å²) in [6.45, 7) is 9.68. The monoisotopic (exact) mass is 764 g/mol. The number of benzene rings is 6. The maximum atomic E-state index is 5.27. The summed E-state index contributed by atoms with van der Waals surface area (Å²) in [6.07, 6.45) is 16.3. The third-order valence-electron chi connectivity index (χ3n) is 13.6. The van der Waals surface area contributed by atoms with E-state index in [2.05, 4.69) is 196 Å². The Hall–Kier alpha value is -6.52. The molecule has 1 N–H and O–H groups in total. The third kappa shape index (κ3) is 5.64. The van der Waals surface area contributed by atoms with Crippen LogP contribution in [0.4, 0.5) is 5.69 Å². The van der Waals surface area contributed by atoms with Gasteiger partial charge in [-0.25, -0.2) is 9.98 Å². The van der Waals surface area contributed by atoms with E-state index in [-0.39, 0.29) is 10.8 Å². The zero-order valence-electron chi connectivity index (χ0n) is 34.2. The van der Waals surface area contributed by atoms with Crippen LogP contribution in [0.2, 0.25) is 0 Å². The maximum absolute atomic E-state index is 5.27. The first-order valence-electron chi connectivity index (χ1n) is 21.2. The Balaban J connectivity index is 1.09. The number of anilines is 1. The molecule has 6 aromatic rings. The minimum Gasteiger partial charge on any atom is -0.324 e. The number of aliphatic imine (C=N–C) groups is 2. The molecule has 0 aromatic heterocycles. The van der Waals surface area contributed by atoms with Crippen LogP contribution < -0.4 is 10.2 Å².